The summed E-state index contributed by atoms with van der Waals surface area (Å²) in [4.78, 5) is 29.7. The molecule has 0 saturated heterocycles. The topological polar surface area (TPSA) is 114 Å². The normalized spacial score (nSPS) is 10.8. The summed E-state index contributed by atoms with van der Waals surface area (Å²) in [5, 5.41) is 13.0. The Labute approximate surface area is 259 Å². The van der Waals surface area contributed by atoms with Crippen LogP contribution in [-0.4, -0.2) is 36.7 Å². The first-order valence-corrected chi connectivity index (χ1v) is 14.7. The van der Waals surface area contributed by atoms with E-state index in [2.05, 4.69) is 26.1 Å². The third kappa shape index (κ3) is 7.67. The van der Waals surface area contributed by atoms with E-state index < -0.39 is 0 Å². The third-order valence-corrected chi connectivity index (χ3v) is 7.53. The number of amides is 2. The predicted molar refractivity (Wildman–Crippen MR) is 175 cm³/mol. The van der Waals surface area contributed by atoms with Crippen molar-refractivity contribution >= 4 is 45.9 Å². The molecule has 0 bridgehead atoms. The number of thiazole rings is 1. The molecule has 10 heteroatoms. The molecule has 0 atom stereocenters. The Bertz CT molecular complexity index is 1790. The molecule has 0 aliphatic carbocycles. The molecule has 5 aromatic rings. The number of benzene rings is 4. The van der Waals surface area contributed by atoms with Crippen LogP contribution in [0.25, 0.3) is 11.3 Å². The van der Waals surface area contributed by atoms with Crippen molar-refractivity contribution in [3.05, 3.63) is 119 Å². The number of carbonyl (C=O) groups is 2. The van der Waals surface area contributed by atoms with Crippen LogP contribution in [0.4, 0.5) is 16.5 Å². The van der Waals surface area contributed by atoms with Gasteiger partial charge in [-0.3, -0.25) is 9.59 Å². The summed E-state index contributed by atoms with van der Waals surface area (Å²) in [7, 11) is 1.51. The Kier molecular flexibility index (Phi) is 9.63. The van der Waals surface area contributed by atoms with E-state index in [1.807, 2.05) is 79.9 Å². The number of nitrogens with zero attached hydrogens (tertiary/aromatic N) is 2. The number of nitrogens with one attached hydrogen (secondary N) is 3. The van der Waals surface area contributed by atoms with E-state index in [0.717, 1.165) is 38.9 Å². The minimum absolute atomic E-state index is 0.180. The molecule has 0 fully saturated rings. The Morgan fingerprint density at radius 3 is 2.50 bits per heavy atom. The number of aryl methyl sites for hydroxylation is 1. The fourth-order valence-corrected chi connectivity index (χ4v) is 4.97. The number of rotatable bonds is 11. The second-order valence-electron chi connectivity index (χ2n) is 9.80. The summed E-state index contributed by atoms with van der Waals surface area (Å²) in [5.41, 5.74) is 9.22. The lowest BCUT2D eigenvalue weighted by molar-refractivity contribution is -0.118. The summed E-state index contributed by atoms with van der Waals surface area (Å²) in [5.74, 6) is 0.213. The van der Waals surface area contributed by atoms with Crippen LogP contribution in [0.3, 0.4) is 0 Å². The Morgan fingerprint density at radius 2 is 1.73 bits per heavy atom. The van der Waals surface area contributed by atoms with Gasteiger partial charge in [-0.15, -0.1) is 11.3 Å². The molecule has 0 spiro atoms. The molecule has 5 rings (SSSR count). The van der Waals surface area contributed by atoms with Crippen LogP contribution in [0, 0.1) is 13.8 Å². The van der Waals surface area contributed by atoms with Crippen LogP contribution < -0.4 is 25.5 Å². The minimum atomic E-state index is -0.348. The van der Waals surface area contributed by atoms with E-state index in [1.165, 1.54) is 24.7 Å². The monoisotopic (exact) mass is 605 g/mol. The van der Waals surface area contributed by atoms with Gasteiger partial charge in [0.2, 0.25) is 0 Å². The molecule has 0 aliphatic rings. The highest BCUT2D eigenvalue weighted by atomic mass is 32.1. The van der Waals surface area contributed by atoms with Gasteiger partial charge < -0.3 is 20.1 Å². The predicted octanol–water partition coefficient (Wildman–Crippen LogP) is 6.96. The van der Waals surface area contributed by atoms with Crippen LogP contribution in [0.5, 0.6) is 11.5 Å². The van der Waals surface area contributed by atoms with E-state index in [-0.39, 0.29) is 18.4 Å². The average Bonchev–Trinajstić information content (AvgIpc) is 3.51. The van der Waals surface area contributed by atoms with Crippen LogP contribution in [0.1, 0.15) is 27.0 Å². The van der Waals surface area contributed by atoms with Crippen molar-refractivity contribution < 1.29 is 19.1 Å². The maximum absolute atomic E-state index is 12.7. The molecule has 1 aromatic heterocycles. The number of hydrogen-bond donors (Lipinski definition) is 3. The number of anilines is 3. The molecule has 0 unspecified atom stereocenters. The van der Waals surface area contributed by atoms with E-state index in [9.17, 15) is 9.59 Å². The van der Waals surface area contributed by atoms with Crippen molar-refractivity contribution in [1.29, 1.82) is 0 Å². The fourth-order valence-electron chi connectivity index (χ4n) is 4.23. The molecule has 0 aliphatic heterocycles. The standard InChI is InChI=1S/C34H31N5O4S/c1-22-8-7-11-28(23(22)2)37-32(40)20-43-30-17-12-24(18-31(30)42-3)19-35-39-33(41)26-15-13-25(14-16-26)29-21-44-34(38-29)36-27-9-5-4-6-10-27/h4-19,21H,20H2,1-3H3,(H,36,38)(H,37,40)(H,39,41)/b35-19+. The van der Waals surface area contributed by atoms with Crippen LogP contribution in [0.2, 0.25) is 0 Å². The van der Waals surface area contributed by atoms with Crippen LogP contribution in [-0.2, 0) is 4.79 Å². The highest BCUT2D eigenvalue weighted by Gasteiger charge is 2.11. The lowest BCUT2D eigenvalue weighted by atomic mass is 10.1. The van der Waals surface area contributed by atoms with Crippen LogP contribution >= 0.6 is 11.3 Å². The molecular formula is C34H31N5O4S. The molecule has 4 aromatic carbocycles. The lowest BCUT2D eigenvalue weighted by Gasteiger charge is -2.13. The van der Waals surface area contributed by atoms with Crippen molar-refractivity contribution in [2.45, 2.75) is 13.8 Å². The first-order chi connectivity index (χ1) is 21.4. The first kappa shape index (κ1) is 30.0. The number of carbonyl (C=O) groups excluding carboxylic acids is 2. The van der Waals surface area contributed by atoms with E-state index in [1.54, 1.807) is 30.3 Å². The number of aromatic nitrogens is 1. The first-order valence-electron chi connectivity index (χ1n) is 13.8. The minimum Gasteiger partial charge on any atom is -0.493 e. The van der Waals surface area contributed by atoms with Gasteiger partial charge in [-0.25, -0.2) is 10.4 Å². The number of hydrazone groups is 1. The molecule has 1 heterocycles. The van der Waals surface area contributed by atoms with E-state index in [4.69, 9.17) is 9.47 Å². The number of methoxy groups -OCH3 is 1. The second kappa shape index (κ2) is 14.1. The Hall–Kier alpha value is -5.48. The Balaban J connectivity index is 1.13. The highest BCUT2D eigenvalue weighted by molar-refractivity contribution is 7.14. The molecule has 0 radical (unpaired) electrons. The van der Waals surface area contributed by atoms with Crippen molar-refractivity contribution in [3.8, 4) is 22.8 Å². The maximum atomic E-state index is 12.7. The molecule has 2 amide bonds. The number of hydrogen-bond acceptors (Lipinski definition) is 8. The van der Waals surface area contributed by atoms with Crippen LogP contribution in [0.15, 0.2) is 101 Å². The van der Waals surface area contributed by atoms with Crippen molar-refractivity contribution in [2.24, 2.45) is 5.10 Å². The molecule has 222 valence electrons. The SMILES string of the molecule is COc1cc(/C=N/NC(=O)c2ccc(-c3csc(Nc4ccccc4)n3)cc2)ccc1OCC(=O)Nc1cccc(C)c1C. The maximum Gasteiger partial charge on any atom is 0.271 e. The van der Waals surface area contributed by atoms with Crippen molar-refractivity contribution in [3.63, 3.8) is 0 Å². The lowest BCUT2D eigenvalue weighted by Crippen LogP contribution is -2.21. The van der Waals surface area contributed by atoms with Gasteiger partial charge in [0.25, 0.3) is 11.8 Å². The van der Waals surface area contributed by atoms with Gasteiger partial charge in [0.1, 0.15) is 0 Å². The van der Waals surface area contributed by atoms with Gasteiger partial charge in [-0.2, -0.15) is 5.10 Å². The molecule has 3 N–H and O–H groups in total. The smallest absolute Gasteiger partial charge is 0.271 e. The summed E-state index contributed by atoms with van der Waals surface area (Å²) >= 11 is 1.51. The van der Waals surface area contributed by atoms with Gasteiger partial charge in [0.05, 0.1) is 19.0 Å². The van der Waals surface area contributed by atoms with Gasteiger partial charge in [0, 0.05) is 27.9 Å². The second-order valence-corrected chi connectivity index (χ2v) is 10.7. The number of para-hydroxylation sites is 1. The van der Waals surface area contributed by atoms with E-state index in [0.29, 0.717) is 22.6 Å². The molecule has 9 nitrogen and oxygen atoms in total. The van der Waals surface area contributed by atoms with Gasteiger partial charge in [0.15, 0.2) is 23.2 Å². The summed E-state index contributed by atoms with van der Waals surface area (Å²) in [6, 6.07) is 27.9. The zero-order valence-electron chi connectivity index (χ0n) is 24.5. The molecule has 0 saturated carbocycles. The van der Waals surface area contributed by atoms with E-state index >= 15 is 0 Å². The van der Waals surface area contributed by atoms with Gasteiger partial charge >= 0.3 is 0 Å². The Morgan fingerprint density at radius 1 is 0.932 bits per heavy atom. The van der Waals surface area contributed by atoms with Crippen molar-refractivity contribution in [2.75, 3.05) is 24.4 Å². The quantitative estimate of drug-likeness (QED) is 0.111. The number of ether oxygens (including phenoxy) is 2. The average molecular weight is 606 g/mol. The summed E-state index contributed by atoms with van der Waals surface area (Å²) < 4.78 is 11.1. The zero-order chi connectivity index (χ0) is 30.9. The van der Waals surface area contributed by atoms with Gasteiger partial charge in [-0.1, -0.05) is 42.5 Å². The summed E-state index contributed by atoms with van der Waals surface area (Å²) in [6.45, 7) is 3.77. The zero-order valence-corrected chi connectivity index (χ0v) is 25.3. The summed E-state index contributed by atoms with van der Waals surface area (Å²) in [6.07, 6.45) is 1.50. The van der Waals surface area contributed by atoms with Gasteiger partial charge in [-0.05, 0) is 79.1 Å². The largest absolute Gasteiger partial charge is 0.493 e. The fraction of sp³-hybridized carbons (Fsp3) is 0.118. The highest BCUT2D eigenvalue weighted by Crippen LogP contribution is 2.29. The third-order valence-electron chi connectivity index (χ3n) is 6.78. The van der Waals surface area contributed by atoms with Crippen molar-refractivity contribution in [1.82, 2.24) is 10.4 Å². The molecular weight excluding hydrogens is 574 g/mol. The molecule has 44 heavy (non-hydrogen) atoms.